The second-order valence-electron chi connectivity index (χ2n) is 7.52. The van der Waals surface area contributed by atoms with Crippen LogP contribution in [0.4, 0.5) is 5.13 Å². The molecule has 0 spiro atoms. The average Bonchev–Trinajstić information content (AvgIpc) is 3.30. The minimum absolute atomic E-state index is 0.0349. The van der Waals surface area contributed by atoms with Crippen molar-refractivity contribution in [3.05, 3.63) is 5.01 Å². The van der Waals surface area contributed by atoms with Crippen LogP contribution in [-0.4, -0.2) is 57.8 Å². The maximum atomic E-state index is 12.8. The van der Waals surface area contributed by atoms with Crippen LogP contribution in [0.3, 0.4) is 0 Å². The molecule has 1 aromatic rings. The van der Waals surface area contributed by atoms with E-state index in [0.717, 1.165) is 43.8 Å². The van der Waals surface area contributed by atoms with Gasteiger partial charge in [-0.05, 0) is 31.1 Å². The molecular formula is C17H24N4O3S. The van der Waals surface area contributed by atoms with Crippen molar-refractivity contribution in [2.24, 2.45) is 17.8 Å². The molecule has 136 valence electrons. The first-order valence-corrected chi connectivity index (χ1v) is 9.96. The van der Waals surface area contributed by atoms with Gasteiger partial charge < -0.3 is 10.0 Å². The second-order valence-corrected chi connectivity index (χ2v) is 8.56. The number of aliphatic hydroxyl groups excluding tert-OH is 1. The van der Waals surface area contributed by atoms with Crippen LogP contribution in [0, 0.1) is 17.8 Å². The van der Waals surface area contributed by atoms with Gasteiger partial charge in [-0.2, -0.15) is 0 Å². The van der Waals surface area contributed by atoms with Crippen molar-refractivity contribution in [1.29, 1.82) is 0 Å². The summed E-state index contributed by atoms with van der Waals surface area (Å²) in [5, 5.41) is 19.6. The van der Waals surface area contributed by atoms with Crippen LogP contribution in [0.2, 0.25) is 0 Å². The van der Waals surface area contributed by atoms with Gasteiger partial charge in [-0.15, -0.1) is 10.2 Å². The Morgan fingerprint density at radius 2 is 1.96 bits per heavy atom. The standard InChI is InChI=1S/C17H24N4O3S/c1-2-3-14-18-19-17(25-14)21-9-12(6-15(21)23)16(24)20-7-10-4-13(22)5-11(10)8-20/h10-13,22H,2-9H2,1H3/t10-,11+,12?,13?. The van der Waals surface area contributed by atoms with E-state index in [1.54, 1.807) is 4.90 Å². The van der Waals surface area contributed by atoms with E-state index in [2.05, 4.69) is 17.1 Å². The zero-order chi connectivity index (χ0) is 17.6. The first kappa shape index (κ1) is 16.9. The van der Waals surface area contributed by atoms with Crippen molar-refractivity contribution in [2.75, 3.05) is 24.5 Å². The number of aryl methyl sites for hydroxylation is 1. The number of likely N-dealkylation sites (tertiary alicyclic amines) is 1. The second kappa shape index (κ2) is 6.64. The Balaban J connectivity index is 1.39. The number of carbonyl (C=O) groups excluding carboxylic acids is 2. The van der Waals surface area contributed by atoms with Crippen molar-refractivity contribution >= 4 is 28.3 Å². The number of aliphatic hydroxyl groups is 1. The molecule has 0 aromatic carbocycles. The fraction of sp³-hybridized carbons (Fsp3) is 0.765. The third kappa shape index (κ3) is 3.17. The molecule has 2 amide bonds. The topological polar surface area (TPSA) is 86.6 Å². The minimum atomic E-state index is -0.283. The van der Waals surface area contributed by atoms with Crippen LogP contribution in [-0.2, 0) is 16.0 Å². The summed E-state index contributed by atoms with van der Waals surface area (Å²) in [5.74, 6) is 0.610. The molecule has 3 heterocycles. The molecule has 8 heteroatoms. The first-order chi connectivity index (χ1) is 12.0. The molecule has 1 aromatic heterocycles. The maximum Gasteiger partial charge on any atom is 0.229 e. The Kier molecular flexibility index (Phi) is 4.49. The van der Waals surface area contributed by atoms with Crippen LogP contribution in [0.5, 0.6) is 0 Å². The summed E-state index contributed by atoms with van der Waals surface area (Å²) in [6.07, 6.45) is 3.52. The Morgan fingerprint density at radius 3 is 2.64 bits per heavy atom. The number of hydrogen-bond acceptors (Lipinski definition) is 6. The van der Waals surface area contributed by atoms with E-state index in [4.69, 9.17) is 0 Å². The lowest BCUT2D eigenvalue weighted by molar-refractivity contribution is -0.135. The van der Waals surface area contributed by atoms with Crippen LogP contribution < -0.4 is 4.90 Å². The van der Waals surface area contributed by atoms with Crippen LogP contribution in [0.15, 0.2) is 0 Å². The van der Waals surface area contributed by atoms with Crippen LogP contribution in [0.1, 0.15) is 37.6 Å². The smallest absolute Gasteiger partial charge is 0.229 e. The van der Waals surface area contributed by atoms with E-state index in [-0.39, 0.29) is 30.3 Å². The van der Waals surface area contributed by atoms with Crippen molar-refractivity contribution in [1.82, 2.24) is 15.1 Å². The summed E-state index contributed by atoms with van der Waals surface area (Å²) >= 11 is 1.45. The monoisotopic (exact) mass is 364 g/mol. The lowest BCUT2D eigenvalue weighted by Gasteiger charge is -2.21. The van der Waals surface area contributed by atoms with E-state index in [0.29, 0.717) is 23.5 Å². The molecule has 2 aliphatic heterocycles. The molecule has 1 saturated carbocycles. The molecule has 0 radical (unpaired) electrons. The quantitative estimate of drug-likeness (QED) is 0.864. The maximum absolute atomic E-state index is 12.8. The van der Waals surface area contributed by atoms with Crippen LogP contribution in [0.25, 0.3) is 0 Å². The Morgan fingerprint density at radius 1 is 1.24 bits per heavy atom. The zero-order valence-corrected chi connectivity index (χ0v) is 15.2. The Hall–Kier alpha value is -1.54. The van der Waals surface area contributed by atoms with E-state index < -0.39 is 0 Å². The van der Waals surface area contributed by atoms with Crippen molar-refractivity contribution in [3.63, 3.8) is 0 Å². The molecule has 7 nitrogen and oxygen atoms in total. The van der Waals surface area contributed by atoms with Gasteiger partial charge in [0.1, 0.15) is 5.01 Å². The number of fused-ring (bicyclic) bond motifs is 1. The molecule has 3 fully saturated rings. The summed E-state index contributed by atoms with van der Waals surface area (Å²) in [6, 6.07) is 0. The molecule has 1 aliphatic carbocycles. The van der Waals surface area contributed by atoms with Crippen molar-refractivity contribution in [2.45, 2.75) is 45.1 Å². The predicted octanol–water partition coefficient (Wildman–Crippen LogP) is 1.07. The zero-order valence-electron chi connectivity index (χ0n) is 14.4. The van der Waals surface area contributed by atoms with Gasteiger partial charge in [0.2, 0.25) is 16.9 Å². The fourth-order valence-corrected chi connectivity index (χ4v) is 5.40. The SMILES string of the molecule is CCCc1nnc(N2CC(C(=O)N3C[C@H]4CC(O)C[C@H]4C3)CC2=O)s1. The molecular weight excluding hydrogens is 340 g/mol. The fourth-order valence-electron chi connectivity index (χ4n) is 4.43. The van der Waals surface area contributed by atoms with Crippen molar-refractivity contribution < 1.29 is 14.7 Å². The van der Waals surface area contributed by atoms with Gasteiger partial charge in [0.05, 0.1) is 12.0 Å². The molecule has 1 N–H and O–H groups in total. The molecule has 0 bridgehead atoms. The number of amides is 2. The highest BCUT2D eigenvalue weighted by Gasteiger charge is 2.45. The molecule has 3 aliphatic rings. The minimum Gasteiger partial charge on any atom is -0.393 e. The number of hydrogen-bond donors (Lipinski definition) is 1. The summed E-state index contributed by atoms with van der Waals surface area (Å²) in [6.45, 7) is 3.95. The lowest BCUT2D eigenvalue weighted by Crippen LogP contribution is -2.36. The van der Waals surface area contributed by atoms with Gasteiger partial charge in [0.15, 0.2) is 0 Å². The average molecular weight is 364 g/mol. The third-order valence-corrected chi connectivity index (χ3v) is 6.67. The van der Waals surface area contributed by atoms with Crippen molar-refractivity contribution in [3.8, 4) is 0 Å². The Labute approximate surface area is 151 Å². The van der Waals surface area contributed by atoms with Gasteiger partial charge in [-0.1, -0.05) is 18.3 Å². The van der Waals surface area contributed by atoms with Gasteiger partial charge in [0.25, 0.3) is 0 Å². The van der Waals surface area contributed by atoms with Gasteiger partial charge in [-0.3, -0.25) is 14.5 Å². The van der Waals surface area contributed by atoms with E-state index in [1.165, 1.54) is 11.3 Å². The third-order valence-electron chi connectivity index (χ3n) is 5.66. The van der Waals surface area contributed by atoms with Crippen LogP contribution >= 0.6 is 11.3 Å². The summed E-state index contributed by atoms with van der Waals surface area (Å²) in [7, 11) is 0. The summed E-state index contributed by atoms with van der Waals surface area (Å²) in [4.78, 5) is 28.7. The van der Waals surface area contributed by atoms with Gasteiger partial charge >= 0.3 is 0 Å². The number of nitrogens with zero attached hydrogens (tertiary/aromatic N) is 4. The van der Waals surface area contributed by atoms with Gasteiger partial charge in [0, 0.05) is 32.5 Å². The summed E-state index contributed by atoms with van der Waals surface area (Å²) < 4.78 is 0. The number of carbonyl (C=O) groups is 2. The molecule has 4 rings (SSSR count). The molecule has 2 saturated heterocycles. The highest BCUT2D eigenvalue weighted by molar-refractivity contribution is 7.15. The number of anilines is 1. The number of rotatable bonds is 4. The number of aromatic nitrogens is 2. The Bertz CT molecular complexity index is 665. The highest BCUT2D eigenvalue weighted by atomic mass is 32.1. The molecule has 2 unspecified atom stereocenters. The van der Waals surface area contributed by atoms with E-state index >= 15 is 0 Å². The normalized spacial score (nSPS) is 31.8. The predicted molar refractivity (Wildman–Crippen MR) is 93.2 cm³/mol. The highest BCUT2D eigenvalue weighted by Crippen LogP contribution is 2.39. The van der Waals surface area contributed by atoms with E-state index in [9.17, 15) is 14.7 Å². The first-order valence-electron chi connectivity index (χ1n) is 9.14. The summed E-state index contributed by atoms with van der Waals surface area (Å²) in [5.41, 5.74) is 0. The van der Waals surface area contributed by atoms with E-state index in [1.807, 2.05) is 4.90 Å². The molecule has 4 atom stereocenters. The lowest BCUT2D eigenvalue weighted by atomic mass is 10.0. The van der Waals surface area contributed by atoms with Gasteiger partial charge in [-0.25, -0.2) is 0 Å². The largest absolute Gasteiger partial charge is 0.393 e. The molecule has 25 heavy (non-hydrogen) atoms.